The molecule has 1 aliphatic heterocycles. The van der Waals surface area contributed by atoms with Crippen LogP contribution in [0.4, 0.5) is 0 Å². The maximum absolute atomic E-state index is 12.5. The van der Waals surface area contributed by atoms with Crippen LogP contribution < -0.4 is 5.32 Å². The van der Waals surface area contributed by atoms with E-state index in [2.05, 4.69) is 9.88 Å². The van der Waals surface area contributed by atoms with Gasteiger partial charge in [-0.05, 0) is 37.4 Å². The molecule has 0 radical (unpaired) electrons. The zero-order chi connectivity index (χ0) is 15.7. The second-order valence-electron chi connectivity index (χ2n) is 5.92. The Morgan fingerprint density at radius 2 is 2.05 bits per heavy atom. The van der Waals surface area contributed by atoms with Gasteiger partial charge in [0.2, 0.25) is 0 Å². The molecule has 2 aromatic rings. The van der Waals surface area contributed by atoms with Crippen molar-refractivity contribution < 1.29 is 14.6 Å². The van der Waals surface area contributed by atoms with Gasteiger partial charge in [-0.1, -0.05) is 0 Å². The van der Waals surface area contributed by atoms with Crippen molar-refractivity contribution >= 4 is 17.2 Å². The second kappa shape index (κ2) is 5.87. The molecule has 118 valence electrons. The van der Waals surface area contributed by atoms with Gasteiger partial charge in [-0.15, -0.1) is 11.3 Å². The molecule has 0 aromatic carbocycles. The highest BCUT2D eigenvalue weighted by atomic mass is 32.1. The van der Waals surface area contributed by atoms with E-state index in [0.29, 0.717) is 25.3 Å². The van der Waals surface area contributed by atoms with Crippen molar-refractivity contribution in [2.24, 2.45) is 5.41 Å². The number of aliphatic hydroxyl groups excluding tert-OH is 1. The molecule has 3 heterocycles. The standard InChI is InChI=1S/C16H20N2O3S/c1-11-3-4-12(2)18(11)15-13(5-6-22-15)14(20)17-7-16(8-19)9-21-10-16/h3-6,19H,7-10H2,1-2H3,(H,17,20). The molecule has 0 aliphatic carbocycles. The number of nitrogens with zero attached hydrogens (tertiary/aromatic N) is 1. The molecule has 0 unspecified atom stereocenters. The number of ether oxygens (including phenoxy) is 1. The Morgan fingerprint density at radius 3 is 2.59 bits per heavy atom. The summed E-state index contributed by atoms with van der Waals surface area (Å²) >= 11 is 1.55. The average Bonchev–Trinajstić information content (AvgIpc) is 3.05. The summed E-state index contributed by atoms with van der Waals surface area (Å²) < 4.78 is 7.24. The summed E-state index contributed by atoms with van der Waals surface area (Å²) in [4.78, 5) is 12.5. The monoisotopic (exact) mass is 320 g/mol. The molecular formula is C16H20N2O3S. The molecule has 0 bridgehead atoms. The first-order valence-corrected chi connectivity index (χ1v) is 8.14. The Morgan fingerprint density at radius 1 is 1.36 bits per heavy atom. The smallest absolute Gasteiger partial charge is 0.254 e. The van der Waals surface area contributed by atoms with Crippen molar-refractivity contribution in [2.45, 2.75) is 13.8 Å². The quantitative estimate of drug-likeness (QED) is 0.884. The van der Waals surface area contributed by atoms with E-state index in [9.17, 15) is 9.90 Å². The van der Waals surface area contributed by atoms with Gasteiger partial charge < -0.3 is 19.7 Å². The lowest BCUT2D eigenvalue weighted by Crippen LogP contribution is -2.53. The van der Waals surface area contributed by atoms with E-state index in [1.54, 1.807) is 11.3 Å². The number of aliphatic hydroxyl groups is 1. The molecule has 0 spiro atoms. The minimum absolute atomic E-state index is 0.0274. The number of aryl methyl sites for hydroxylation is 2. The summed E-state index contributed by atoms with van der Waals surface area (Å²) in [6.07, 6.45) is 0. The van der Waals surface area contributed by atoms with Crippen LogP contribution in [0, 0.1) is 19.3 Å². The predicted molar refractivity (Wildman–Crippen MR) is 85.8 cm³/mol. The van der Waals surface area contributed by atoms with Crippen LogP contribution in [0.5, 0.6) is 0 Å². The molecule has 22 heavy (non-hydrogen) atoms. The fourth-order valence-corrected chi connectivity index (χ4v) is 3.65. The Hall–Kier alpha value is -1.63. The minimum atomic E-state index is -0.314. The number of carbonyl (C=O) groups excluding carboxylic acids is 1. The number of amides is 1. The van der Waals surface area contributed by atoms with Crippen molar-refractivity contribution in [1.82, 2.24) is 9.88 Å². The summed E-state index contributed by atoms with van der Waals surface area (Å²) in [5.74, 6) is -0.108. The normalized spacial score (nSPS) is 16.3. The van der Waals surface area contributed by atoms with Gasteiger partial charge in [-0.3, -0.25) is 4.79 Å². The lowest BCUT2D eigenvalue weighted by molar-refractivity contribution is -0.133. The highest BCUT2D eigenvalue weighted by molar-refractivity contribution is 7.13. The van der Waals surface area contributed by atoms with Crippen LogP contribution in [0.1, 0.15) is 21.7 Å². The zero-order valence-corrected chi connectivity index (χ0v) is 13.6. The first kappa shape index (κ1) is 15.3. The van der Waals surface area contributed by atoms with Gasteiger partial charge in [0, 0.05) is 17.9 Å². The summed E-state index contributed by atoms with van der Waals surface area (Å²) in [6.45, 7) is 5.51. The first-order valence-electron chi connectivity index (χ1n) is 7.26. The molecule has 0 saturated carbocycles. The number of hydrogen-bond donors (Lipinski definition) is 2. The van der Waals surface area contributed by atoms with Crippen LogP contribution in [0.2, 0.25) is 0 Å². The molecule has 6 heteroatoms. The molecule has 1 fully saturated rings. The predicted octanol–water partition coefficient (Wildman–Crippen LogP) is 1.89. The highest BCUT2D eigenvalue weighted by Crippen LogP contribution is 2.28. The van der Waals surface area contributed by atoms with Crippen LogP contribution >= 0.6 is 11.3 Å². The third-order valence-corrected chi connectivity index (χ3v) is 5.04. The van der Waals surface area contributed by atoms with Gasteiger partial charge in [0.15, 0.2) is 0 Å². The molecule has 1 saturated heterocycles. The van der Waals surface area contributed by atoms with E-state index in [-0.39, 0.29) is 17.9 Å². The molecule has 5 nitrogen and oxygen atoms in total. The zero-order valence-electron chi connectivity index (χ0n) is 12.8. The summed E-state index contributed by atoms with van der Waals surface area (Å²) in [5.41, 5.74) is 2.56. The van der Waals surface area contributed by atoms with Crippen LogP contribution in [0.3, 0.4) is 0 Å². The van der Waals surface area contributed by atoms with Crippen LogP contribution in [0.15, 0.2) is 23.6 Å². The fourth-order valence-electron chi connectivity index (χ4n) is 2.64. The van der Waals surface area contributed by atoms with E-state index in [0.717, 1.165) is 16.4 Å². The molecule has 0 atom stereocenters. The van der Waals surface area contributed by atoms with Crippen LogP contribution in [-0.4, -0.2) is 41.9 Å². The number of rotatable bonds is 5. The van der Waals surface area contributed by atoms with Gasteiger partial charge in [-0.25, -0.2) is 0 Å². The number of hydrogen-bond acceptors (Lipinski definition) is 4. The van der Waals surface area contributed by atoms with E-state index < -0.39 is 0 Å². The molecule has 3 rings (SSSR count). The number of aromatic nitrogens is 1. The van der Waals surface area contributed by atoms with Gasteiger partial charge in [0.05, 0.1) is 30.8 Å². The number of thiophene rings is 1. The fraction of sp³-hybridized carbons (Fsp3) is 0.438. The van der Waals surface area contributed by atoms with Crippen molar-refractivity contribution in [2.75, 3.05) is 26.4 Å². The molecule has 2 N–H and O–H groups in total. The summed E-state index contributed by atoms with van der Waals surface area (Å²) in [6, 6.07) is 5.93. The SMILES string of the molecule is Cc1ccc(C)n1-c1sccc1C(=O)NCC1(CO)COC1. The van der Waals surface area contributed by atoms with Gasteiger partial charge in [0.25, 0.3) is 5.91 Å². The van der Waals surface area contributed by atoms with E-state index in [4.69, 9.17) is 4.74 Å². The maximum Gasteiger partial charge on any atom is 0.254 e. The van der Waals surface area contributed by atoms with E-state index >= 15 is 0 Å². The third-order valence-electron chi connectivity index (χ3n) is 4.14. The van der Waals surface area contributed by atoms with Crippen molar-refractivity contribution in [1.29, 1.82) is 0 Å². The Kier molecular flexibility index (Phi) is 4.08. The van der Waals surface area contributed by atoms with Crippen molar-refractivity contribution in [3.8, 4) is 5.00 Å². The molecule has 2 aromatic heterocycles. The van der Waals surface area contributed by atoms with Crippen molar-refractivity contribution in [3.63, 3.8) is 0 Å². The minimum Gasteiger partial charge on any atom is -0.396 e. The third kappa shape index (κ3) is 2.58. The Labute approximate surface area is 133 Å². The number of carbonyl (C=O) groups is 1. The highest BCUT2D eigenvalue weighted by Gasteiger charge is 2.38. The van der Waals surface area contributed by atoms with Crippen LogP contribution in [0.25, 0.3) is 5.00 Å². The topological polar surface area (TPSA) is 63.5 Å². The maximum atomic E-state index is 12.5. The van der Waals surface area contributed by atoms with Crippen molar-refractivity contribution in [3.05, 3.63) is 40.5 Å². The first-order chi connectivity index (χ1) is 10.6. The molecular weight excluding hydrogens is 300 g/mol. The Bertz CT molecular complexity index is 660. The number of nitrogens with one attached hydrogen (secondary N) is 1. The Balaban J connectivity index is 1.78. The lowest BCUT2D eigenvalue weighted by atomic mass is 9.87. The van der Waals surface area contributed by atoms with E-state index in [1.807, 2.05) is 37.4 Å². The van der Waals surface area contributed by atoms with E-state index in [1.165, 1.54) is 0 Å². The largest absolute Gasteiger partial charge is 0.396 e. The van der Waals surface area contributed by atoms with Gasteiger partial charge in [-0.2, -0.15) is 0 Å². The summed E-state index contributed by atoms with van der Waals surface area (Å²) in [5, 5.41) is 15.2. The average molecular weight is 320 g/mol. The second-order valence-corrected chi connectivity index (χ2v) is 6.82. The molecule has 1 aliphatic rings. The van der Waals surface area contributed by atoms with Crippen LogP contribution in [-0.2, 0) is 4.74 Å². The van der Waals surface area contributed by atoms with Gasteiger partial charge in [0.1, 0.15) is 5.00 Å². The summed E-state index contributed by atoms with van der Waals surface area (Å²) in [7, 11) is 0. The van der Waals surface area contributed by atoms with Gasteiger partial charge >= 0.3 is 0 Å². The molecule has 1 amide bonds. The lowest BCUT2D eigenvalue weighted by Gasteiger charge is -2.39.